The predicted molar refractivity (Wildman–Crippen MR) is 66.6 cm³/mol. The maximum atomic E-state index is 12.2. The first kappa shape index (κ1) is 15.6. The number of nitrogens with zero attached hydrogens (tertiary/aromatic N) is 1. The molecule has 3 nitrogen and oxygen atoms in total. The van der Waals surface area contributed by atoms with E-state index in [1.165, 1.54) is 25.3 Å². The average Bonchev–Trinajstić information content (AvgIpc) is 2.26. The molecule has 0 fully saturated rings. The summed E-state index contributed by atoms with van der Waals surface area (Å²) in [6.07, 6.45) is -3.20. The van der Waals surface area contributed by atoms with Gasteiger partial charge in [0, 0.05) is 0 Å². The van der Waals surface area contributed by atoms with E-state index in [-0.39, 0.29) is 5.75 Å². The molecule has 0 saturated heterocycles. The van der Waals surface area contributed by atoms with Gasteiger partial charge in [0.25, 0.3) is 0 Å². The Labute approximate surface area is 110 Å². The van der Waals surface area contributed by atoms with Crippen LogP contribution in [0, 0.1) is 0 Å². The van der Waals surface area contributed by atoms with Crippen molar-refractivity contribution in [3.8, 4) is 11.5 Å². The first-order chi connectivity index (χ1) is 8.81. The minimum Gasteiger partial charge on any atom is -0.496 e. The number of alkyl halides is 3. The Morgan fingerprint density at radius 2 is 1.89 bits per heavy atom. The first-order valence-corrected chi connectivity index (χ1v) is 5.89. The lowest BCUT2D eigenvalue weighted by molar-refractivity contribution is -0.274. The number of rotatable bonds is 6. The highest BCUT2D eigenvalue weighted by atomic mass is 19.4. The van der Waals surface area contributed by atoms with Crippen molar-refractivity contribution in [1.82, 2.24) is 4.90 Å². The Kier molecular flexibility index (Phi) is 5.47. The molecule has 0 heterocycles. The van der Waals surface area contributed by atoms with Crippen molar-refractivity contribution < 1.29 is 22.6 Å². The fraction of sp³-hybridized carbons (Fsp3) is 0.538. The lowest BCUT2D eigenvalue weighted by Crippen LogP contribution is -2.17. The van der Waals surface area contributed by atoms with Crippen molar-refractivity contribution in [2.45, 2.75) is 19.2 Å². The van der Waals surface area contributed by atoms with Crippen LogP contribution in [0.15, 0.2) is 18.2 Å². The molecular weight excluding hydrogens is 259 g/mol. The molecule has 0 aliphatic carbocycles. The fourth-order valence-electron chi connectivity index (χ4n) is 1.73. The van der Waals surface area contributed by atoms with E-state index in [0.717, 1.165) is 13.0 Å². The van der Waals surface area contributed by atoms with Gasteiger partial charge in [-0.15, -0.1) is 13.2 Å². The van der Waals surface area contributed by atoms with Crippen LogP contribution in [0.25, 0.3) is 0 Å². The van der Waals surface area contributed by atoms with Crippen LogP contribution in [0.5, 0.6) is 11.5 Å². The maximum Gasteiger partial charge on any atom is 0.573 e. The average molecular weight is 277 g/mol. The zero-order valence-corrected chi connectivity index (χ0v) is 11.3. The second-order valence-electron chi connectivity index (χ2n) is 4.43. The van der Waals surface area contributed by atoms with Crippen LogP contribution in [0.4, 0.5) is 13.2 Å². The predicted octanol–water partition coefficient (Wildman–Crippen LogP) is 3.09. The zero-order chi connectivity index (χ0) is 14.5. The summed E-state index contributed by atoms with van der Waals surface area (Å²) >= 11 is 0. The van der Waals surface area contributed by atoms with Crippen molar-refractivity contribution in [2.24, 2.45) is 0 Å². The second kappa shape index (κ2) is 6.65. The molecule has 0 aliphatic heterocycles. The Morgan fingerprint density at radius 1 is 1.21 bits per heavy atom. The van der Waals surface area contributed by atoms with Crippen LogP contribution in [0.3, 0.4) is 0 Å². The lowest BCUT2D eigenvalue weighted by Gasteiger charge is -2.14. The molecule has 0 spiro atoms. The van der Waals surface area contributed by atoms with Gasteiger partial charge < -0.3 is 14.4 Å². The van der Waals surface area contributed by atoms with Crippen molar-refractivity contribution >= 4 is 0 Å². The molecule has 1 aromatic carbocycles. The third-order valence-electron chi connectivity index (χ3n) is 2.54. The van der Waals surface area contributed by atoms with Crippen LogP contribution in [-0.2, 0) is 6.42 Å². The van der Waals surface area contributed by atoms with Gasteiger partial charge in [-0.3, -0.25) is 0 Å². The molecule has 1 aromatic rings. The van der Waals surface area contributed by atoms with Gasteiger partial charge in [-0.1, -0.05) is 0 Å². The van der Waals surface area contributed by atoms with Gasteiger partial charge in [0.05, 0.1) is 7.11 Å². The van der Waals surface area contributed by atoms with Crippen LogP contribution < -0.4 is 9.47 Å². The molecule has 0 amide bonds. The molecule has 108 valence electrons. The number of halogens is 3. The molecule has 0 saturated carbocycles. The van der Waals surface area contributed by atoms with Gasteiger partial charge in [-0.25, -0.2) is 0 Å². The standard InChI is InChI=1S/C13H18F3NO2/c1-17(2)8-4-5-10-9-11(19-13(14,15)16)6-7-12(10)18-3/h6-7,9H,4-5,8H2,1-3H3. The van der Waals surface area contributed by atoms with E-state index >= 15 is 0 Å². The second-order valence-corrected chi connectivity index (χ2v) is 4.43. The molecule has 0 unspecified atom stereocenters. The van der Waals surface area contributed by atoms with E-state index in [4.69, 9.17) is 4.74 Å². The van der Waals surface area contributed by atoms with Crippen LogP contribution >= 0.6 is 0 Å². The summed E-state index contributed by atoms with van der Waals surface area (Å²) in [5.41, 5.74) is 0.714. The highest BCUT2D eigenvalue weighted by Crippen LogP contribution is 2.29. The van der Waals surface area contributed by atoms with Crippen molar-refractivity contribution in [2.75, 3.05) is 27.7 Å². The number of methoxy groups -OCH3 is 1. The van der Waals surface area contributed by atoms with Crippen LogP contribution in [0.1, 0.15) is 12.0 Å². The van der Waals surface area contributed by atoms with E-state index in [0.29, 0.717) is 17.7 Å². The molecule has 6 heteroatoms. The van der Waals surface area contributed by atoms with E-state index in [9.17, 15) is 13.2 Å². The molecule has 19 heavy (non-hydrogen) atoms. The summed E-state index contributed by atoms with van der Waals surface area (Å²) in [6, 6.07) is 4.12. The molecular formula is C13H18F3NO2. The normalized spacial score (nSPS) is 11.7. The number of hydrogen-bond donors (Lipinski definition) is 0. The Hall–Kier alpha value is -1.43. The highest BCUT2D eigenvalue weighted by molar-refractivity contribution is 5.40. The van der Waals surface area contributed by atoms with Crippen molar-refractivity contribution in [3.05, 3.63) is 23.8 Å². The smallest absolute Gasteiger partial charge is 0.496 e. The summed E-state index contributed by atoms with van der Waals surface area (Å²) in [6.45, 7) is 0.855. The molecule has 0 bridgehead atoms. The molecule has 1 rings (SSSR count). The molecule has 0 radical (unpaired) electrons. The Bertz CT molecular complexity index is 405. The number of benzene rings is 1. The topological polar surface area (TPSA) is 21.7 Å². The summed E-state index contributed by atoms with van der Waals surface area (Å²) in [7, 11) is 5.38. The van der Waals surface area contributed by atoms with Crippen LogP contribution in [0.2, 0.25) is 0 Å². The van der Waals surface area contributed by atoms with E-state index in [1.54, 1.807) is 0 Å². The third-order valence-corrected chi connectivity index (χ3v) is 2.54. The molecule has 0 aliphatic rings. The van der Waals surface area contributed by atoms with E-state index in [2.05, 4.69) is 4.74 Å². The highest BCUT2D eigenvalue weighted by Gasteiger charge is 2.31. The molecule has 0 aromatic heterocycles. The Balaban J connectivity index is 2.78. The lowest BCUT2D eigenvalue weighted by atomic mass is 10.1. The molecule has 0 atom stereocenters. The van der Waals surface area contributed by atoms with Gasteiger partial charge in [0.2, 0.25) is 0 Å². The number of aryl methyl sites for hydroxylation is 1. The largest absolute Gasteiger partial charge is 0.573 e. The van der Waals surface area contributed by atoms with Gasteiger partial charge >= 0.3 is 6.36 Å². The minimum absolute atomic E-state index is 0.215. The summed E-state index contributed by atoms with van der Waals surface area (Å²) < 4.78 is 45.5. The number of ether oxygens (including phenoxy) is 2. The molecule has 0 N–H and O–H groups in total. The Morgan fingerprint density at radius 3 is 2.42 bits per heavy atom. The van der Waals surface area contributed by atoms with Crippen molar-refractivity contribution in [3.63, 3.8) is 0 Å². The zero-order valence-electron chi connectivity index (χ0n) is 11.3. The van der Waals surface area contributed by atoms with E-state index < -0.39 is 6.36 Å². The third kappa shape index (κ3) is 5.83. The van der Waals surface area contributed by atoms with Gasteiger partial charge in [0.1, 0.15) is 11.5 Å². The van der Waals surface area contributed by atoms with E-state index in [1.807, 2.05) is 19.0 Å². The van der Waals surface area contributed by atoms with Gasteiger partial charge in [-0.05, 0) is 57.2 Å². The summed E-state index contributed by atoms with van der Waals surface area (Å²) in [5.74, 6) is 0.362. The number of hydrogen-bond acceptors (Lipinski definition) is 3. The van der Waals surface area contributed by atoms with Crippen molar-refractivity contribution in [1.29, 1.82) is 0 Å². The SMILES string of the molecule is COc1ccc(OC(F)(F)F)cc1CCCN(C)C. The fourth-order valence-corrected chi connectivity index (χ4v) is 1.73. The minimum atomic E-state index is -4.67. The quantitative estimate of drug-likeness (QED) is 0.797. The van der Waals surface area contributed by atoms with Crippen LogP contribution in [-0.4, -0.2) is 39.0 Å². The van der Waals surface area contributed by atoms with Gasteiger partial charge in [0.15, 0.2) is 0 Å². The summed E-state index contributed by atoms with van der Waals surface area (Å²) in [5, 5.41) is 0. The monoisotopic (exact) mass is 277 g/mol. The maximum absolute atomic E-state index is 12.2. The van der Waals surface area contributed by atoms with Gasteiger partial charge in [-0.2, -0.15) is 0 Å². The summed E-state index contributed by atoms with van der Waals surface area (Å²) in [4.78, 5) is 2.02. The first-order valence-electron chi connectivity index (χ1n) is 5.89.